The summed E-state index contributed by atoms with van der Waals surface area (Å²) in [5, 5.41) is 3.09. The van der Waals surface area contributed by atoms with Crippen molar-refractivity contribution in [1.29, 1.82) is 0 Å². The van der Waals surface area contributed by atoms with Gasteiger partial charge in [0.2, 0.25) is 0 Å². The van der Waals surface area contributed by atoms with Crippen LogP contribution < -0.4 is 4.74 Å². The van der Waals surface area contributed by atoms with E-state index in [1.165, 1.54) is 11.3 Å². The number of amides is 1. The Morgan fingerprint density at radius 1 is 1.23 bits per heavy atom. The highest BCUT2D eigenvalue weighted by Crippen LogP contribution is 2.26. The minimum absolute atomic E-state index is 0.0301. The summed E-state index contributed by atoms with van der Waals surface area (Å²) >= 11 is 7.72. The molecule has 156 valence electrons. The van der Waals surface area contributed by atoms with Crippen LogP contribution in [0.1, 0.15) is 28.1 Å². The van der Waals surface area contributed by atoms with Crippen LogP contribution in [0.5, 0.6) is 5.75 Å². The lowest BCUT2D eigenvalue weighted by atomic mass is 9.97. The van der Waals surface area contributed by atoms with E-state index < -0.39 is 0 Å². The van der Waals surface area contributed by atoms with E-state index in [4.69, 9.17) is 21.1 Å². The first kappa shape index (κ1) is 20.6. The normalized spacial score (nSPS) is 14.7. The van der Waals surface area contributed by atoms with E-state index in [2.05, 4.69) is 4.98 Å². The van der Waals surface area contributed by atoms with Gasteiger partial charge in [-0.3, -0.25) is 9.59 Å². The predicted molar refractivity (Wildman–Crippen MR) is 116 cm³/mol. The van der Waals surface area contributed by atoms with Crippen LogP contribution in [-0.4, -0.2) is 42.0 Å². The maximum absolute atomic E-state index is 12.5. The first-order chi connectivity index (χ1) is 14.5. The second-order valence-electron chi connectivity index (χ2n) is 7.15. The molecule has 1 amide bonds. The summed E-state index contributed by atoms with van der Waals surface area (Å²) in [4.78, 5) is 31.9. The number of hydrogen-bond donors (Lipinski definition) is 0. The van der Waals surface area contributed by atoms with Crippen LogP contribution in [0.3, 0.4) is 0 Å². The van der Waals surface area contributed by atoms with Crippen molar-refractivity contribution >= 4 is 45.7 Å². The van der Waals surface area contributed by atoms with E-state index >= 15 is 0 Å². The van der Waals surface area contributed by atoms with E-state index in [1.54, 1.807) is 12.0 Å². The van der Waals surface area contributed by atoms with Crippen LogP contribution in [0.15, 0.2) is 41.8 Å². The second-order valence-corrected chi connectivity index (χ2v) is 8.45. The van der Waals surface area contributed by atoms with Gasteiger partial charge in [0.25, 0.3) is 5.91 Å². The molecule has 1 aromatic carbocycles. The number of pyridine rings is 1. The molecule has 1 fully saturated rings. The van der Waals surface area contributed by atoms with Crippen LogP contribution in [0.25, 0.3) is 10.9 Å². The Bertz CT molecular complexity index is 1060. The van der Waals surface area contributed by atoms with Crippen molar-refractivity contribution < 1.29 is 19.1 Å². The van der Waals surface area contributed by atoms with Crippen molar-refractivity contribution in [2.45, 2.75) is 19.4 Å². The van der Waals surface area contributed by atoms with Gasteiger partial charge in [0.15, 0.2) is 0 Å². The molecule has 3 aromatic rings. The van der Waals surface area contributed by atoms with Crippen molar-refractivity contribution in [3.8, 4) is 5.75 Å². The molecule has 4 rings (SSSR count). The van der Waals surface area contributed by atoms with Crippen LogP contribution in [0.4, 0.5) is 0 Å². The summed E-state index contributed by atoms with van der Waals surface area (Å²) in [5.41, 5.74) is 1.38. The summed E-state index contributed by atoms with van der Waals surface area (Å²) in [6.07, 6.45) is 1.19. The Labute approximate surface area is 183 Å². The molecular weight excluding hydrogens is 424 g/mol. The lowest BCUT2D eigenvalue weighted by Gasteiger charge is -2.30. The molecule has 0 atom stereocenters. The minimum Gasteiger partial charge on any atom is -0.497 e. The van der Waals surface area contributed by atoms with E-state index in [0.29, 0.717) is 42.4 Å². The number of likely N-dealkylation sites (tertiary alicyclic amines) is 1. The number of thiophene rings is 1. The quantitative estimate of drug-likeness (QED) is 0.426. The van der Waals surface area contributed by atoms with E-state index in [9.17, 15) is 9.59 Å². The van der Waals surface area contributed by atoms with E-state index in [1.807, 2.05) is 41.8 Å². The zero-order valence-corrected chi connectivity index (χ0v) is 18.0. The van der Waals surface area contributed by atoms with Crippen LogP contribution in [0, 0.1) is 5.92 Å². The molecule has 0 bridgehead atoms. The number of rotatable bonds is 5. The summed E-state index contributed by atoms with van der Waals surface area (Å²) < 4.78 is 10.7. The Morgan fingerprint density at radius 3 is 2.73 bits per heavy atom. The van der Waals surface area contributed by atoms with E-state index in [-0.39, 0.29) is 24.4 Å². The third-order valence-corrected chi connectivity index (χ3v) is 6.45. The largest absolute Gasteiger partial charge is 0.497 e. The van der Waals surface area contributed by atoms with Gasteiger partial charge in [-0.1, -0.05) is 17.7 Å². The zero-order valence-electron chi connectivity index (χ0n) is 16.5. The molecular formula is C22H21ClN2O4S. The van der Waals surface area contributed by atoms with Gasteiger partial charge >= 0.3 is 5.97 Å². The summed E-state index contributed by atoms with van der Waals surface area (Å²) in [7, 11) is 1.60. The van der Waals surface area contributed by atoms with Gasteiger partial charge in [0.1, 0.15) is 17.5 Å². The highest BCUT2D eigenvalue weighted by molar-refractivity contribution is 7.12. The van der Waals surface area contributed by atoms with Crippen LogP contribution in [-0.2, 0) is 16.1 Å². The highest BCUT2D eigenvalue weighted by atomic mass is 35.5. The molecule has 8 heteroatoms. The molecule has 0 saturated carbocycles. The third kappa shape index (κ3) is 4.42. The second kappa shape index (κ2) is 9.02. The molecule has 0 spiro atoms. The van der Waals surface area contributed by atoms with Gasteiger partial charge < -0.3 is 14.4 Å². The summed E-state index contributed by atoms with van der Waals surface area (Å²) in [6.45, 7) is 1.17. The summed E-state index contributed by atoms with van der Waals surface area (Å²) in [5.74, 6) is 0.259. The average Bonchev–Trinajstić information content (AvgIpc) is 3.31. The van der Waals surface area contributed by atoms with E-state index in [0.717, 1.165) is 15.8 Å². The number of ether oxygens (including phenoxy) is 2. The molecule has 1 aliphatic heterocycles. The number of aromatic nitrogens is 1. The van der Waals surface area contributed by atoms with Gasteiger partial charge in [-0.2, -0.15) is 0 Å². The van der Waals surface area contributed by atoms with Crippen LogP contribution >= 0.6 is 22.9 Å². The van der Waals surface area contributed by atoms with Gasteiger partial charge in [-0.15, -0.1) is 11.3 Å². The molecule has 2 aromatic heterocycles. The zero-order chi connectivity index (χ0) is 21.1. The smallest absolute Gasteiger partial charge is 0.309 e. The number of carbonyl (C=O) groups excluding carboxylic acids is 2. The fraction of sp³-hybridized carbons (Fsp3) is 0.318. The minimum atomic E-state index is -0.260. The Hall–Kier alpha value is -2.64. The van der Waals surface area contributed by atoms with Crippen molar-refractivity contribution in [1.82, 2.24) is 9.88 Å². The molecule has 0 aliphatic carbocycles. The van der Waals surface area contributed by atoms with Crippen molar-refractivity contribution in [3.63, 3.8) is 0 Å². The lowest BCUT2D eigenvalue weighted by Crippen LogP contribution is -2.40. The molecule has 3 heterocycles. The number of piperidine rings is 1. The third-order valence-electron chi connectivity index (χ3n) is 5.27. The van der Waals surface area contributed by atoms with Crippen LogP contribution in [0.2, 0.25) is 5.15 Å². The number of carbonyl (C=O) groups is 2. The van der Waals surface area contributed by atoms with Crippen molar-refractivity contribution in [2.75, 3.05) is 20.2 Å². The summed E-state index contributed by atoms with van der Waals surface area (Å²) in [6, 6.07) is 11.1. The van der Waals surface area contributed by atoms with Gasteiger partial charge in [0, 0.05) is 30.1 Å². The Kier molecular flexibility index (Phi) is 6.20. The van der Waals surface area contributed by atoms with Crippen molar-refractivity contribution in [3.05, 3.63) is 57.4 Å². The SMILES string of the molecule is COc1ccc2cc(COC(=O)C3CCN(C(=O)c4cccs4)CC3)c(Cl)nc2c1. The Morgan fingerprint density at radius 2 is 2.03 bits per heavy atom. The van der Waals surface area contributed by atoms with Crippen molar-refractivity contribution in [2.24, 2.45) is 5.92 Å². The fourth-order valence-corrected chi connectivity index (χ4v) is 4.43. The first-order valence-electron chi connectivity index (χ1n) is 9.67. The Balaban J connectivity index is 1.34. The molecule has 1 saturated heterocycles. The molecule has 6 nitrogen and oxygen atoms in total. The molecule has 30 heavy (non-hydrogen) atoms. The molecule has 0 N–H and O–H groups in total. The predicted octanol–water partition coefficient (Wildman–Crippen LogP) is 4.55. The fourth-order valence-electron chi connectivity index (χ4n) is 3.54. The standard InChI is InChI=1S/C22H21ClN2O4S/c1-28-17-5-4-15-11-16(20(23)24-18(15)12-17)13-29-22(27)14-6-8-25(9-7-14)21(26)19-3-2-10-30-19/h2-5,10-12,14H,6-9,13H2,1H3. The molecule has 1 aliphatic rings. The number of nitrogens with zero attached hydrogens (tertiary/aromatic N) is 2. The highest BCUT2D eigenvalue weighted by Gasteiger charge is 2.29. The average molecular weight is 445 g/mol. The first-order valence-corrected chi connectivity index (χ1v) is 10.9. The number of hydrogen-bond acceptors (Lipinski definition) is 6. The number of fused-ring (bicyclic) bond motifs is 1. The van der Waals surface area contributed by atoms with Gasteiger partial charge in [0.05, 0.1) is 23.4 Å². The topological polar surface area (TPSA) is 68.7 Å². The number of methoxy groups -OCH3 is 1. The number of benzene rings is 1. The monoisotopic (exact) mass is 444 g/mol. The number of esters is 1. The van der Waals surface area contributed by atoms with Gasteiger partial charge in [-0.05, 0) is 42.5 Å². The van der Waals surface area contributed by atoms with Gasteiger partial charge in [-0.25, -0.2) is 4.98 Å². The maximum atomic E-state index is 12.5. The molecule has 0 radical (unpaired) electrons. The number of halogens is 1. The lowest BCUT2D eigenvalue weighted by molar-refractivity contribution is -0.151. The molecule has 0 unspecified atom stereocenters. The maximum Gasteiger partial charge on any atom is 0.309 e.